The van der Waals surface area contributed by atoms with Gasteiger partial charge in [0.05, 0.1) is 17.7 Å². The molecule has 0 spiro atoms. The molecule has 2 N–H and O–H groups in total. The van der Waals surface area contributed by atoms with Gasteiger partial charge >= 0.3 is 6.03 Å². The molecule has 0 bridgehead atoms. The molecule has 3 fully saturated rings. The third-order valence-corrected chi connectivity index (χ3v) is 8.54. The summed E-state index contributed by atoms with van der Waals surface area (Å²) < 4.78 is 33.1. The quantitative estimate of drug-likeness (QED) is 0.577. The first-order chi connectivity index (χ1) is 15.7. The number of nitrogens with one attached hydrogen (secondary N) is 2. The van der Waals surface area contributed by atoms with Crippen LogP contribution in [0.1, 0.15) is 45.4 Å². The standard InChI is InChI=1S/C22H30N4O6S/c1-22(15-7-8-15)20(28)26(21(29)24-22)14-19(27)23-17-13-16(9-10-18(17)32-2)33(30,31)25-11-5-3-4-6-12-25/h9-10,13,15H,3-8,11-12,14H2,1-2H3,(H,23,27)(H,24,29). The van der Waals surface area contributed by atoms with Gasteiger partial charge in [-0.25, -0.2) is 13.2 Å². The van der Waals surface area contributed by atoms with Crippen LogP contribution in [-0.2, 0) is 19.6 Å². The molecule has 11 heteroatoms. The average Bonchev–Trinajstić information content (AvgIpc) is 3.62. The van der Waals surface area contributed by atoms with E-state index < -0.39 is 40.0 Å². The minimum absolute atomic E-state index is 0.0526. The van der Waals surface area contributed by atoms with Gasteiger partial charge in [0.2, 0.25) is 15.9 Å². The van der Waals surface area contributed by atoms with Crippen molar-refractivity contribution in [3.63, 3.8) is 0 Å². The minimum Gasteiger partial charge on any atom is -0.495 e. The fourth-order valence-electron chi connectivity index (χ4n) is 4.51. The number of anilines is 1. The first-order valence-corrected chi connectivity index (χ1v) is 12.7. The van der Waals surface area contributed by atoms with Crippen molar-refractivity contribution >= 4 is 33.6 Å². The van der Waals surface area contributed by atoms with E-state index in [9.17, 15) is 22.8 Å². The van der Waals surface area contributed by atoms with Crippen LogP contribution in [0.15, 0.2) is 23.1 Å². The zero-order valence-electron chi connectivity index (χ0n) is 18.9. The highest BCUT2D eigenvalue weighted by Crippen LogP contribution is 2.42. The van der Waals surface area contributed by atoms with Gasteiger partial charge in [0.1, 0.15) is 17.8 Å². The molecule has 1 atom stereocenters. The van der Waals surface area contributed by atoms with Gasteiger partial charge in [-0.2, -0.15) is 4.31 Å². The van der Waals surface area contributed by atoms with Crippen LogP contribution in [0, 0.1) is 5.92 Å². The van der Waals surface area contributed by atoms with E-state index in [1.807, 2.05) is 0 Å². The van der Waals surface area contributed by atoms with Crippen molar-refractivity contribution in [2.75, 3.05) is 32.1 Å². The monoisotopic (exact) mass is 478 g/mol. The molecule has 4 amide bonds. The van der Waals surface area contributed by atoms with Gasteiger partial charge in [-0.15, -0.1) is 0 Å². The first kappa shape index (κ1) is 23.5. The van der Waals surface area contributed by atoms with Crippen molar-refractivity contribution in [3.8, 4) is 5.75 Å². The molecule has 3 aliphatic rings. The van der Waals surface area contributed by atoms with Crippen molar-refractivity contribution in [1.29, 1.82) is 0 Å². The largest absolute Gasteiger partial charge is 0.495 e. The molecule has 2 saturated heterocycles. The highest BCUT2D eigenvalue weighted by molar-refractivity contribution is 7.89. The molecule has 0 aromatic heterocycles. The van der Waals surface area contributed by atoms with Gasteiger partial charge in [-0.3, -0.25) is 14.5 Å². The Balaban J connectivity index is 1.51. The van der Waals surface area contributed by atoms with Gasteiger partial charge in [-0.1, -0.05) is 12.8 Å². The number of nitrogens with zero attached hydrogens (tertiary/aromatic N) is 2. The lowest BCUT2D eigenvalue weighted by atomic mass is 9.96. The maximum atomic E-state index is 13.2. The summed E-state index contributed by atoms with van der Waals surface area (Å²) in [6.07, 6.45) is 5.34. The zero-order chi connectivity index (χ0) is 23.8. The lowest BCUT2D eigenvalue weighted by Gasteiger charge is -2.21. The molecule has 1 unspecified atom stereocenters. The summed E-state index contributed by atoms with van der Waals surface area (Å²) in [6.45, 7) is 2.13. The predicted molar refractivity (Wildman–Crippen MR) is 120 cm³/mol. The third-order valence-electron chi connectivity index (χ3n) is 6.64. The molecule has 33 heavy (non-hydrogen) atoms. The van der Waals surface area contributed by atoms with Gasteiger partial charge in [0, 0.05) is 13.1 Å². The number of sulfonamides is 1. The van der Waals surface area contributed by atoms with E-state index in [1.165, 1.54) is 29.6 Å². The molecule has 4 rings (SSSR count). The second kappa shape index (κ2) is 8.94. The Morgan fingerprint density at radius 1 is 1.18 bits per heavy atom. The van der Waals surface area contributed by atoms with Crippen molar-refractivity contribution < 1.29 is 27.5 Å². The summed E-state index contributed by atoms with van der Waals surface area (Å²) in [5.74, 6) is -0.683. The van der Waals surface area contributed by atoms with E-state index in [2.05, 4.69) is 10.6 Å². The van der Waals surface area contributed by atoms with Crippen molar-refractivity contribution in [3.05, 3.63) is 18.2 Å². The van der Waals surface area contributed by atoms with E-state index in [-0.39, 0.29) is 22.3 Å². The highest BCUT2D eigenvalue weighted by atomic mass is 32.2. The number of imide groups is 1. The molecule has 0 radical (unpaired) electrons. The second-order valence-corrected chi connectivity index (χ2v) is 11.0. The van der Waals surface area contributed by atoms with Crippen LogP contribution in [0.4, 0.5) is 10.5 Å². The summed E-state index contributed by atoms with van der Waals surface area (Å²) >= 11 is 0. The fraction of sp³-hybridized carbons (Fsp3) is 0.591. The van der Waals surface area contributed by atoms with Crippen molar-refractivity contribution in [1.82, 2.24) is 14.5 Å². The number of carbonyl (C=O) groups excluding carboxylic acids is 3. The fourth-order valence-corrected chi connectivity index (χ4v) is 6.05. The summed E-state index contributed by atoms with van der Waals surface area (Å²) in [5.41, 5.74) is -0.814. The number of carbonyl (C=O) groups is 3. The summed E-state index contributed by atoms with van der Waals surface area (Å²) in [6, 6.07) is 3.69. The molecule has 1 saturated carbocycles. The number of hydrogen-bond acceptors (Lipinski definition) is 6. The van der Waals surface area contributed by atoms with E-state index in [0.717, 1.165) is 43.4 Å². The summed E-state index contributed by atoms with van der Waals surface area (Å²) in [5, 5.41) is 5.31. The van der Waals surface area contributed by atoms with E-state index in [0.29, 0.717) is 13.1 Å². The van der Waals surface area contributed by atoms with Gasteiger partial charge in [0.15, 0.2) is 0 Å². The van der Waals surface area contributed by atoms with E-state index in [4.69, 9.17) is 4.74 Å². The van der Waals surface area contributed by atoms with Crippen molar-refractivity contribution in [2.45, 2.75) is 55.9 Å². The third kappa shape index (κ3) is 4.56. The molecular weight excluding hydrogens is 448 g/mol. The number of ether oxygens (including phenoxy) is 1. The molecule has 2 heterocycles. The first-order valence-electron chi connectivity index (χ1n) is 11.3. The maximum absolute atomic E-state index is 13.2. The maximum Gasteiger partial charge on any atom is 0.325 e. The number of hydrogen-bond donors (Lipinski definition) is 2. The Morgan fingerprint density at radius 3 is 2.45 bits per heavy atom. The lowest BCUT2D eigenvalue weighted by molar-refractivity contribution is -0.134. The number of rotatable bonds is 7. The Hall–Kier alpha value is -2.66. The Bertz CT molecular complexity index is 1060. The average molecular weight is 479 g/mol. The van der Waals surface area contributed by atoms with E-state index in [1.54, 1.807) is 6.92 Å². The van der Waals surface area contributed by atoms with Gasteiger partial charge in [-0.05, 0) is 56.7 Å². The molecule has 1 aromatic rings. The molecular formula is C22H30N4O6S. The van der Waals surface area contributed by atoms with Crippen LogP contribution >= 0.6 is 0 Å². The minimum atomic E-state index is -3.73. The number of methoxy groups -OCH3 is 1. The normalized spacial score (nSPS) is 24.4. The van der Waals surface area contributed by atoms with Gasteiger partial charge in [0.25, 0.3) is 5.91 Å². The Kier molecular flexibility index (Phi) is 6.37. The number of benzene rings is 1. The lowest BCUT2D eigenvalue weighted by Crippen LogP contribution is -2.46. The topological polar surface area (TPSA) is 125 Å². The number of urea groups is 1. The smallest absolute Gasteiger partial charge is 0.325 e. The Morgan fingerprint density at radius 2 is 1.85 bits per heavy atom. The van der Waals surface area contributed by atoms with Crippen LogP contribution in [0.3, 0.4) is 0 Å². The van der Waals surface area contributed by atoms with E-state index >= 15 is 0 Å². The Labute approximate surface area is 193 Å². The van der Waals surface area contributed by atoms with Crippen LogP contribution in [0.25, 0.3) is 0 Å². The summed E-state index contributed by atoms with van der Waals surface area (Å²) in [4.78, 5) is 38.8. The summed E-state index contributed by atoms with van der Waals surface area (Å²) in [7, 11) is -2.32. The predicted octanol–water partition coefficient (Wildman–Crippen LogP) is 1.92. The molecule has 1 aromatic carbocycles. The molecule has 180 valence electrons. The molecule has 10 nitrogen and oxygen atoms in total. The van der Waals surface area contributed by atoms with Crippen molar-refractivity contribution in [2.24, 2.45) is 5.92 Å². The second-order valence-electron chi connectivity index (χ2n) is 9.03. The van der Waals surface area contributed by atoms with Crippen LogP contribution in [0.5, 0.6) is 5.75 Å². The zero-order valence-corrected chi connectivity index (χ0v) is 19.7. The van der Waals surface area contributed by atoms with Crippen LogP contribution in [-0.4, -0.2) is 67.8 Å². The molecule has 2 aliphatic heterocycles. The highest BCUT2D eigenvalue weighted by Gasteiger charge is 2.56. The number of amides is 4. The van der Waals surface area contributed by atoms with Crippen LogP contribution in [0.2, 0.25) is 0 Å². The van der Waals surface area contributed by atoms with Crippen LogP contribution < -0.4 is 15.4 Å². The molecule has 1 aliphatic carbocycles. The SMILES string of the molecule is COc1ccc(S(=O)(=O)N2CCCCCC2)cc1NC(=O)CN1C(=O)NC(C)(C2CC2)C1=O. The van der Waals surface area contributed by atoms with Gasteiger partial charge < -0.3 is 15.4 Å².